The van der Waals surface area contributed by atoms with Crippen molar-refractivity contribution in [2.24, 2.45) is 0 Å². The van der Waals surface area contributed by atoms with Crippen LogP contribution in [0.1, 0.15) is 28.9 Å². The molecule has 3 heterocycles. The van der Waals surface area contributed by atoms with Gasteiger partial charge in [0.1, 0.15) is 11.5 Å². The zero-order valence-electron chi connectivity index (χ0n) is 14.6. The van der Waals surface area contributed by atoms with Crippen LogP contribution in [0.2, 0.25) is 0 Å². The van der Waals surface area contributed by atoms with Crippen molar-refractivity contribution in [3.63, 3.8) is 0 Å². The lowest BCUT2D eigenvalue weighted by Gasteiger charge is -2.24. The Kier molecular flexibility index (Phi) is 5.31. The maximum absolute atomic E-state index is 13.2. The quantitative estimate of drug-likeness (QED) is 0.631. The second-order valence-corrected chi connectivity index (χ2v) is 7.44. The van der Waals surface area contributed by atoms with Crippen molar-refractivity contribution in [1.29, 1.82) is 0 Å². The van der Waals surface area contributed by atoms with Crippen molar-refractivity contribution in [2.75, 3.05) is 13.2 Å². The first-order valence-corrected chi connectivity index (χ1v) is 9.73. The van der Waals surface area contributed by atoms with Crippen LogP contribution in [0.25, 0.3) is 10.6 Å². The summed E-state index contributed by atoms with van der Waals surface area (Å²) >= 11 is 1.57. The fourth-order valence-electron chi connectivity index (χ4n) is 3.15. The third-order valence-corrected chi connectivity index (χ3v) is 5.39. The zero-order valence-corrected chi connectivity index (χ0v) is 15.5. The van der Waals surface area contributed by atoms with Crippen LogP contribution in [0.3, 0.4) is 0 Å². The number of nitrogens with zero attached hydrogens (tertiary/aromatic N) is 2. The van der Waals surface area contributed by atoms with Gasteiger partial charge in [0.2, 0.25) is 0 Å². The summed E-state index contributed by atoms with van der Waals surface area (Å²) in [6, 6.07) is 11.4. The molecule has 0 spiro atoms. The van der Waals surface area contributed by atoms with Crippen molar-refractivity contribution in [1.82, 2.24) is 10.1 Å². The fourth-order valence-corrected chi connectivity index (χ4v) is 3.82. The molecule has 27 heavy (non-hydrogen) atoms. The molecule has 0 radical (unpaired) electrons. The molecule has 2 aromatic heterocycles. The van der Waals surface area contributed by atoms with E-state index in [0.29, 0.717) is 30.1 Å². The van der Waals surface area contributed by atoms with Gasteiger partial charge in [0.15, 0.2) is 5.76 Å². The van der Waals surface area contributed by atoms with Crippen LogP contribution in [0.4, 0.5) is 4.39 Å². The van der Waals surface area contributed by atoms with E-state index >= 15 is 0 Å². The molecule has 1 saturated heterocycles. The van der Waals surface area contributed by atoms with Crippen LogP contribution in [-0.4, -0.2) is 35.2 Å². The zero-order chi connectivity index (χ0) is 18.6. The number of hydrogen-bond donors (Lipinski definition) is 0. The largest absolute Gasteiger partial charge is 0.376 e. The first kappa shape index (κ1) is 17.9. The van der Waals surface area contributed by atoms with Crippen LogP contribution in [0.5, 0.6) is 0 Å². The number of benzene rings is 1. The molecule has 1 aliphatic rings. The number of aromatic nitrogens is 1. The summed E-state index contributed by atoms with van der Waals surface area (Å²) in [6.45, 7) is 1.50. The van der Waals surface area contributed by atoms with Gasteiger partial charge >= 0.3 is 0 Å². The molecule has 3 aromatic rings. The lowest BCUT2D eigenvalue weighted by Crippen LogP contribution is -2.37. The first-order chi connectivity index (χ1) is 13.2. The van der Waals surface area contributed by atoms with Gasteiger partial charge in [-0.1, -0.05) is 11.2 Å². The van der Waals surface area contributed by atoms with Gasteiger partial charge in [-0.3, -0.25) is 4.79 Å². The fraction of sp³-hybridized carbons (Fsp3) is 0.300. The smallest absolute Gasteiger partial charge is 0.254 e. The minimum atomic E-state index is -0.366. The van der Waals surface area contributed by atoms with Crippen molar-refractivity contribution in [3.05, 3.63) is 64.9 Å². The summed E-state index contributed by atoms with van der Waals surface area (Å²) in [4.78, 5) is 15.7. The van der Waals surface area contributed by atoms with E-state index in [1.807, 2.05) is 23.6 Å². The van der Waals surface area contributed by atoms with Gasteiger partial charge < -0.3 is 14.2 Å². The lowest BCUT2D eigenvalue weighted by molar-refractivity contribution is 0.0502. The summed E-state index contributed by atoms with van der Waals surface area (Å²) < 4.78 is 24.3. The third kappa shape index (κ3) is 4.26. The number of carbonyl (C=O) groups excluding carboxylic acids is 1. The molecule has 4 rings (SSSR count). The average molecular weight is 386 g/mol. The molecule has 1 aliphatic heterocycles. The molecule has 1 atom stereocenters. The van der Waals surface area contributed by atoms with Gasteiger partial charge in [0.25, 0.3) is 5.91 Å². The average Bonchev–Trinajstić information content (AvgIpc) is 3.43. The molecule has 1 fully saturated rings. The maximum Gasteiger partial charge on any atom is 0.254 e. The molecule has 1 aromatic carbocycles. The molecule has 0 bridgehead atoms. The van der Waals surface area contributed by atoms with E-state index in [1.54, 1.807) is 16.2 Å². The molecule has 7 heteroatoms. The number of ether oxygens (including phenoxy) is 1. The monoisotopic (exact) mass is 386 g/mol. The molecule has 0 aliphatic carbocycles. The second-order valence-electron chi connectivity index (χ2n) is 6.49. The number of amides is 1. The van der Waals surface area contributed by atoms with Crippen molar-refractivity contribution in [3.8, 4) is 10.6 Å². The summed E-state index contributed by atoms with van der Waals surface area (Å²) in [5.74, 6) is 0.145. The summed E-state index contributed by atoms with van der Waals surface area (Å²) in [5.41, 5.74) is 1.11. The Hall–Kier alpha value is -2.51. The summed E-state index contributed by atoms with van der Waals surface area (Å²) in [5, 5.41) is 6.09. The van der Waals surface area contributed by atoms with Crippen LogP contribution in [0, 0.1) is 5.82 Å². The lowest BCUT2D eigenvalue weighted by atomic mass is 10.1. The Balaban J connectivity index is 1.54. The molecule has 0 N–H and O–H groups in total. The molecule has 1 unspecified atom stereocenters. The van der Waals surface area contributed by atoms with E-state index in [9.17, 15) is 9.18 Å². The SMILES string of the molecule is O=C(c1ccc(F)cc1)N(Cc1cc(-c2cccs2)on1)CC1CCCO1. The molecule has 140 valence electrons. The Morgan fingerprint density at radius 2 is 2.15 bits per heavy atom. The minimum absolute atomic E-state index is 0.0121. The predicted octanol–water partition coefficient (Wildman–Crippen LogP) is 4.36. The molecular weight excluding hydrogens is 367 g/mol. The standard InChI is InChI=1S/C20H19FN2O3S/c21-15-7-5-14(6-8-15)20(24)23(13-17-3-1-9-25-17)12-16-11-18(26-22-16)19-4-2-10-27-19/h2,4-8,10-11,17H,1,3,9,12-13H2. The van der Waals surface area contributed by atoms with Gasteiger partial charge in [-0.05, 0) is 48.6 Å². The Morgan fingerprint density at radius 3 is 2.85 bits per heavy atom. The van der Waals surface area contributed by atoms with E-state index in [-0.39, 0.29) is 17.8 Å². The van der Waals surface area contributed by atoms with Crippen molar-refractivity contribution < 1.29 is 18.4 Å². The van der Waals surface area contributed by atoms with E-state index in [2.05, 4.69) is 5.16 Å². The highest BCUT2D eigenvalue weighted by Gasteiger charge is 2.25. The summed E-state index contributed by atoms with van der Waals surface area (Å²) in [7, 11) is 0. The summed E-state index contributed by atoms with van der Waals surface area (Å²) in [6.07, 6.45) is 1.93. The highest BCUT2D eigenvalue weighted by molar-refractivity contribution is 7.13. The second kappa shape index (κ2) is 8.02. The number of halogens is 1. The topological polar surface area (TPSA) is 55.6 Å². The highest BCUT2D eigenvalue weighted by Crippen LogP contribution is 2.26. The normalized spacial score (nSPS) is 16.6. The van der Waals surface area contributed by atoms with Crippen molar-refractivity contribution in [2.45, 2.75) is 25.5 Å². The first-order valence-electron chi connectivity index (χ1n) is 8.85. The van der Waals surface area contributed by atoms with E-state index in [4.69, 9.17) is 9.26 Å². The van der Waals surface area contributed by atoms with E-state index in [1.165, 1.54) is 24.3 Å². The van der Waals surface area contributed by atoms with Crippen LogP contribution in [0.15, 0.2) is 52.4 Å². The van der Waals surface area contributed by atoms with E-state index in [0.717, 1.165) is 24.3 Å². The maximum atomic E-state index is 13.2. The van der Waals surface area contributed by atoms with Crippen LogP contribution >= 0.6 is 11.3 Å². The molecule has 1 amide bonds. The van der Waals surface area contributed by atoms with Crippen molar-refractivity contribution >= 4 is 17.2 Å². The predicted molar refractivity (Wildman–Crippen MR) is 99.9 cm³/mol. The number of rotatable bonds is 6. The number of thiophene rings is 1. The number of hydrogen-bond acceptors (Lipinski definition) is 5. The Morgan fingerprint density at radius 1 is 1.30 bits per heavy atom. The molecule has 0 saturated carbocycles. The third-order valence-electron chi connectivity index (χ3n) is 4.50. The Bertz CT molecular complexity index is 886. The molecular formula is C20H19FN2O3S. The van der Waals surface area contributed by atoms with Gasteiger partial charge in [0.05, 0.1) is 17.5 Å². The van der Waals surface area contributed by atoms with Gasteiger partial charge in [-0.15, -0.1) is 11.3 Å². The van der Waals surface area contributed by atoms with Crippen LogP contribution in [-0.2, 0) is 11.3 Å². The Labute approximate surface area is 160 Å². The minimum Gasteiger partial charge on any atom is -0.376 e. The molecule has 5 nitrogen and oxygen atoms in total. The highest BCUT2D eigenvalue weighted by atomic mass is 32.1. The van der Waals surface area contributed by atoms with Crippen LogP contribution < -0.4 is 0 Å². The van der Waals surface area contributed by atoms with E-state index < -0.39 is 0 Å². The van der Waals surface area contributed by atoms with Gasteiger partial charge in [0, 0.05) is 24.8 Å². The van der Waals surface area contributed by atoms with Gasteiger partial charge in [-0.2, -0.15) is 0 Å². The van der Waals surface area contributed by atoms with Gasteiger partial charge in [-0.25, -0.2) is 4.39 Å². The number of carbonyl (C=O) groups is 1.